The molecule has 1 aromatic carbocycles. The Hall–Kier alpha value is -1.93. The van der Waals surface area contributed by atoms with Gasteiger partial charge in [0.25, 0.3) is 0 Å². The van der Waals surface area contributed by atoms with Crippen molar-refractivity contribution in [3.05, 3.63) is 51.7 Å². The van der Waals surface area contributed by atoms with Gasteiger partial charge in [0.15, 0.2) is 28.3 Å². The Bertz CT molecular complexity index is 690. The van der Waals surface area contributed by atoms with Crippen molar-refractivity contribution in [2.45, 2.75) is 32.5 Å². The molecule has 0 fully saturated rings. The molecule has 23 heavy (non-hydrogen) atoms. The van der Waals surface area contributed by atoms with Crippen LogP contribution in [0, 0.1) is 17.5 Å². The number of benzene rings is 1. The largest absolute Gasteiger partial charge is 0.374 e. The number of aliphatic hydroxyl groups excluding tert-OH is 1. The van der Waals surface area contributed by atoms with Gasteiger partial charge in [0.1, 0.15) is 6.23 Å². The Morgan fingerprint density at radius 3 is 2.65 bits per heavy atom. The van der Waals surface area contributed by atoms with Crippen LogP contribution in [0.1, 0.15) is 36.9 Å². The molecule has 4 nitrogen and oxygen atoms in total. The minimum absolute atomic E-state index is 0.0483. The third-order valence-corrected chi connectivity index (χ3v) is 3.86. The van der Waals surface area contributed by atoms with E-state index < -0.39 is 29.7 Å². The zero-order valence-electron chi connectivity index (χ0n) is 12.6. The van der Waals surface area contributed by atoms with Gasteiger partial charge in [-0.15, -0.1) is 11.3 Å². The van der Waals surface area contributed by atoms with Gasteiger partial charge in [-0.3, -0.25) is 4.99 Å². The van der Waals surface area contributed by atoms with Crippen molar-refractivity contribution >= 4 is 17.2 Å². The van der Waals surface area contributed by atoms with E-state index in [0.717, 1.165) is 6.07 Å². The Morgan fingerprint density at radius 2 is 2.09 bits per heavy atom. The molecule has 0 aliphatic heterocycles. The molecule has 0 aliphatic rings. The number of aromatic nitrogens is 1. The van der Waals surface area contributed by atoms with Crippen LogP contribution >= 0.6 is 11.3 Å². The lowest BCUT2D eigenvalue weighted by molar-refractivity contribution is 0.180. The van der Waals surface area contributed by atoms with Crippen LogP contribution in [0.2, 0.25) is 0 Å². The van der Waals surface area contributed by atoms with Crippen molar-refractivity contribution in [2.75, 3.05) is 0 Å². The second-order valence-electron chi connectivity index (χ2n) is 4.82. The number of amidine groups is 1. The molecule has 1 heterocycles. The lowest BCUT2D eigenvalue weighted by Gasteiger charge is -2.16. The zero-order valence-corrected chi connectivity index (χ0v) is 13.4. The van der Waals surface area contributed by atoms with Crippen LogP contribution in [0.25, 0.3) is 0 Å². The number of aliphatic hydroxyl groups is 1. The summed E-state index contributed by atoms with van der Waals surface area (Å²) in [5.41, 5.74) is -0.0483. The van der Waals surface area contributed by atoms with E-state index >= 15 is 0 Å². The van der Waals surface area contributed by atoms with Gasteiger partial charge in [-0.05, 0) is 19.4 Å². The Kier molecular flexibility index (Phi) is 5.73. The maximum absolute atomic E-state index is 14.0. The maximum atomic E-state index is 14.0. The fourth-order valence-corrected chi connectivity index (χ4v) is 2.62. The van der Waals surface area contributed by atoms with Crippen LogP contribution in [-0.2, 0) is 0 Å². The van der Waals surface area contributed by atoms with Crippen LogP contribution in [0.5, 0.6) is 0 Å². The number of hydrogen-bond acceptors (Lipinski definition) is 4. The molecule has 1 unspecified atom stereocenters. The number of nitrogens with zero attached hydrogens (tertiary/aromatic N) is 2. The summed E-state index contributed by atoms with van der Waals surface area (Å²) >= 11 is 1.29. The lowest BCUT2D eigenvalue weighted by Crippen LogP contribution is -2.33. The number of thiazole rings is 1. The average molecular weight is 343 g/mol. The molecule has 0 saturated heterocycles. The molecule has 2 atom stereocenters. The van der Waals surface area contributed by atoms with E-state index in [-0.39, 0.29) is 11.4 Å². The third kappa shape index (κ3) is 4.08. The van der Waals surface area contributed by atoms with Crippen molar-refractivity contribution < 1.29 is 18.3 Å². The molecule has 0 radical (unpaired) electrons. The second kappa shape index (κ2) is 7.56. The summed E-state index contributed by atoms with van der Waals surface area (Å²) in [6.45, 7) is 3.25. The standard InChI is InChI=1S/C15H16F3N3OS/c1-3-11(9-4-5-10(16)13(18)12(9)17)21-14(20-8(2)22)15-19-6-7-23-15/h4-8,11,22H,3H2,1-2H3,(H,20,21)/t8?,11-/m1/s1. The molecule has 0 bridgehead atoms. The molecule has 2 N–H and O–H groups in total. The number of aliphatic imine (C=N–C) groups is 1. The van der Waals surface area contributed by atoms with Crippen molar-refractivity contribution in [1.29, 1.82) is 0 Å². The molecule has 2 aromatic rings. The van der Waals surface area contributed by atoms with Crippen molar-refractivity contribution in [2.24, 2.45) is 4.99 Å². The monoisotopic (exact) mass is 343 g/mol. The fourth-order valence-electron chi connectivity index (χ4n) is 2.03. The van der Waals surface area contributed by atoms with E-state index in [4.69, 9.17) is 0 Å². The molecule has 124 valence electrons. The molecule has 0 amide bonds. The number of hydrogen-bond donors (Lipinski definition) is 2. The first-order valence-corrected chi connectivity index (χ1v) is 7.87. The summed E-state index contributed by atoms with van der Waals surface area (Å²) in [6, 6.07) is 1.31. The molecule has 8 heteroatoms. The van der Waals surface area contributed by atoms with Crippen LogP contribution < -0.4 is 5.32 Å². The van der Waals surface area contributed by atoms with Gasteiger partial charge in [0.05, 0.1) is 6.04 Å². The Balaban J connectivity index is 2.44. The molecule has 0 spiro atoms. The maximum Gasteiger partial charge on any atom is 0.194 e. The normalized spacial score (nSPS) is 14.6. The minimum atomic E-state index is -1.52. The highest BCUT2D eigenvalue weighted by atomic mass is 32.1. The number of rotatable bonds is 5. The molecular formula is C15H16F3N3OS. The topological polar surface area (TPSA) is 57.5 Å². The van der Waals surface area contributed by atoms with Gasteiger partial charge in [-0.1, -0.05) is 13.0 Å². The summed E-state index contributed by atoms with van der Waals surface area (Å²) in [5, 5.41) is 14.5. The predicted molar refractivity (Wildman–Crippen MR) is 82.8 cm³/mol. The summed E-state index contributed by atoms with van der Waals surface area (Å²) < 4.78 is 40.5. The van der Waals surface area contributed by atoms with Crippen molar-refractivity contribution in [1.82, 2.24) is 10.3 Å². The van der Waals surface area contributed by atoms with Crippen LogP contribution in [0.4, 0.5) is 13.2 Å². The Labute approximate surface area is 135 Å². The molecule has 1 aromatic heterocycles. The zero-order chi connectivity index (χ0) is 17.0. The van der Waals surface area contributed by atoms with Gasteiger partial charge in [0.2, 0.25) is 0 Å². The van der Waals surface area contributed by atoms with Crippen molar-refractivity contribution in [3.8, 4) is 0 Å². The SMILES string of the molecule is CC[C@@H](/N=C(\NC(C)O)c1nccs1)c1ccc(F)c(F)c1F. The molecule has 0 aliphatic carbocycles. The number of nitrogens with one attached hydrogen (secondary N) is 1. The lowest BCUT2D eigenvalue weighted by atomic mass is 10.0. The first kappa shape index (κ1) is 17.4. The van der Waals surface area contributed by atoms with Gasteiger partial charge >= 0.3 is 0 Å². The first-order valence-electron chi connectivity index (χ1n) is 6.99. The predicted octanol–water partition coefficient (Wildman–Crippen LogP) is 3.39. The highest BCUT2D eigenvalue weighted by molar-refractivity contribution is 7.11. The van der Waals surface area contributed by atoms with Gasteiger partial charge in [-0.25, -0.2) is 18.2 Å². The van der Waals surface area contributed by atoms with E-state index in [1.54, 1.807) is 18.5 Å². The minimum Gasteiger partial charge on any atom is -0.374 e. The van der Waals surface area contributed by atoms with Crippen molar-refractivity contribution in [3.63, 3.8) is 0 Å². The Morgan fingerprint density at radius 1 is 1.35 bits per heavy atom. The summed E-state index contributed by atoms with van der Waals surface area (Å²) in [4.78, 5) is 8.43. The quantitative estimate of drug-likeness (QED) is 0.379. The molecule has 2 rings (SSSR count). The summed E-state index contributed by atoms with van der Waals surface area (Å²) in [6.07, 6.45) is 1.03. The van der Waals surface area contributed by atoms with Gasteiger partial charge < -0.3 is 10.4 Å². The van der Waals surface area contributed by atoms with E-state index in [2.05, 4.69) is 15.3 Å². The first-order chi connectivity index (χ1) is 10.9. The van der Waals surface area contributed by atoms with Crippen LogP contribution in [0.3, 0.4) is 0 Å². The van der Waals surface area contributed by atoms with Gasteiger partial charge in [-0.2, -0.15) is 0 Å². The van der Waals surface area contributed by atoms with Gasteiger partial charge in [0, 0.05) is 17.1 Å². The van der Waals surface area contributed by atoms with Crippen LogP contribution in [0.15, 0.2) is 28.7 Å². The smallest absolute Gasteiger partial charge is 0.194 e. The summed E-state index contributed by atoms with van der Waals surface area (Å²) in [7, 11) is 0. The average Bonchev–Trinajstić information content (AvgIpc) is 3.04. The fraction of sp³-hybridized carbons (Fsp3) is 0.333. The van der Waals surface area contributed by atoms with E-state index in [9.17, 15) is 18.3 Å². The molecular weight excluding hydrogens is 327 g/mol. The number of halogens is 3. The molecule has 0 saturated carbocycles. The second-order valence-corrected chi connectivity index (χ2v) is 5.72. The van der Waals surface area contributed by atoms with E-state index in [0.29, 0.717) is 11.4 Å². The highest BCUT2D eigenvalue weighted by Crippen LogP contribution is 2.27. The third-order valence-electron chi connectivity index (χ3n) is 3.08. The highest BCUT2D eigenvalue weighted by Gasteiger charge is 2.21. The van der Waals surface area contributed by atoms with E-state index in [1.165, 1.54) is 24.3 Å². The van der Waals surface area contributed by atoms with E-state index in [1.807, 2.05) is 0 Å². The summed E-state index contributed by atoms with van der Waals surface area (Å²) in [5.74, 6) is -3.75. The van der Waals surface area contributed by atoms with Crippen LogP contribution in [-0.4, -0.2) is 22.2 Å².